The molecule has 4 nitrogen and oxygen atoms in total. The summed E-state index contributed by atoms with van der Waals surface area (Å²) in [6.07, 6.45) is 10.4. The number of benzene rings is 1. The molecule has 26 heavy (non-hydrogen) atoms. The maximum atomic E-state index is 13.0. The second kappa shape index (κ2) is 7.97. The Labute approximate surface area is 163 Å². The van der Waals surface area contributed by atoms with Crippen LogP contribution in [0.1, 0.15) is 42.5 Å². The summed E-state index contributed by atoms with van der Waals surface area (Å²) < 4.78 is 2.92. The minimum absolute atomic E-state index is 0.0166. The molecule has 1 aromatic carbocycles. The zero-order valence-electron chi connectivity index (χ0n) is 15.0. The Kier molecular flexibility index (Phi) is 5.46. The predicted octanol–water partition coefficient (Wildman–Crippen LogP) is 4.23. The lowest BCUT2D eigenvalue weighted by Gasteiger charge is -2.44. The van der Waals surface area contributed by atoms with Gasteiger partial charge in [-0.2, -0.15) is 0 Å². The van der Waals surface area contributed by atoms with Crippen LogP contribution in [0, 0.1) is 5.92 Å². The van der Waals surface area contributed by atoms with E-state index in [9.17, 15) is 4.79 Å². The number of fused-ring (bicyclic) bond motifs is 1. The third kappa shape index (κ3) is 3.74. The van der Waals surface area contributed by atoms with Crippen LogP contribution >= 0.6 is 15.9 Å². The topological polar surface area (TPSA) is 37.3 Å². The van der Waals surface area contributed by atoms with Gasteiger partial charge in [-0.05, 0) is 75.0 Å². The van der Waals surface area contributed by atoms with Crippen molar-refractivity contribution in [2.45, 2.75) is 38.1 Å². The average molecular weight is 416 g/mol. The highest BCUT2D eigenvalue weighted by Gasteiger charge is 2.33. The molecule has 0 bridgehead atoms. The molecule has 1 N–H and O–H groups in total. The van der Waals surface area contributed by atoms with Crippen LogP contribution in [0.5, 0.6) is 0 Å². The summed E-state index contributed by atoms with van der Waals surface area (Å²) in [6.45, 7) is 3.24. The summed E-state index contributed by atoms with van der Waals surface area (Å²) in [6, 6.07) is 10.5. The van der Waals surface area contributed by atoms with E-state index in [2.05, 4.69) is 26.1 Å². The zero-order valence-corrected chi connectivity index (χ0v) is 16.6. The monoisotopic (exact) mass is 415 g/mol. The van der Waals surface area contributed by atoms with Crippen molar-refractivity contribution in [1.29, 1.82) is 0 Å². The third-order valence-electron chi connectivity index (χ3n) is 5.84. The summed E-state index contributed by atoms with van der Waals surface area (Å²) >= 11 is 3.51. The van der Waals surface area contributed by atoms with E-state index in [1.165, 1.54) is 45.2 Å². The van der Waals surface area contributed by atoms with Crippen molar-refractivity contribution in [3.8, 4) is 5.69 Å². The summed E-state index contributed by atoms with van der Waals surface area (Å²) in [5.41, 5.74) is 1.63. The third-order valence-corrected chi connectivity index (χ3v) is 6.33. The molecule has 2 aromatic rings. The Bertz CT molecular complexity index is 757. The fraction of sp³-hybridized carbons (Fsp3) is 0.476. The van der Waals surface area contributed by atoms with Crippen molar-refractivity contribution in [3.05, 3.63) is 52.8 Å². The number of rotatable bonds is 4. The number of nitrogens with one attached hydrogen (secondary N) is 1. The number of nitrogens with zero attached hydrogens (tertiary/aromatic N) is 2. The van der Waals surface area contributed by atoms with Gasteiger partial charge < -0.3 is 14.8 Å². The van der Waals surface area contributed by atoms with Gasteiger partial charge in [-0.15, -0.1) is 0 Å². The molecule has 2 atom stereocenters. The van der Waals surface area contributed by atoms with E-state index in [4.69, 9.17) is 0 Å². The van der Waals surface area contributed by atoms with Gasteiger partial charge in [0.25, 0.3) is 5.91 Å². The molecule has 2 aliphatic heterocycles. The first-order valence-electron chi connectivity index (χ1n) is 9.67. The number of carbonyl (C=O) groups excluding carboxylic acids is 1. The van der Waals surface area contributed by atoms with Gasteiger partial charge >= 0.3 is 0 Å². The van der Waals surface area contributed by atoms with Gasteiger partial charge in [0.2, 0.25) is 0 Å². The van der Waals surface area contributed by atoms with Gasteiger partial charge in [-0.3, -0.25) is 4.79 Å². The number of hydrogen-bond donors (Lipinski definition) is 1. The second-order valence-corrected chi connectivity index (χ2v) is 8.38. The first-order valence-corrected chi connectivity index (χ1v) is 10.5. The number of halogens is 1. The number of amides is 1. The Hall–Kier alpha value is -1.59. The maximum Gasteiger partial charge on any atom is 0.253 e. The van der Waals surface area contributed by atoms with Crippen molar-refractivity contribution in [3.63, 3.8) is 0 Å². The predicted molar refractivity (Wildman–Crippen MR) is 108 cm³/mol. The van der Waals surface area contributed by atoms with Crippen molar-refractivity contribution < 1.29 is 4.79 Å². The SMILES string of the molecule is O=C(NCC1CCCN2CCCCC12)c1cc(Br)ccc1-n1cccc1. The second-order valence-electron chi connectivity index (χ2n) is 7.46. The van der Waals surface area contributed by atoms with Crippen molar-refractivity contribution in [2.24, 2.45) is 5.92 Å². The smallest absolute Gasteiger partial charge is 0.253 e. The molecular formula is C21H26BrN3O. The Morgan fingerprint density at radius 1 is 1.12 bits per heavy atom. The van der Waals surface area contributed by atoms with E-state index in [0.29, 0.717) is 17.5 Å². The van der Waals surface area contributed by atoms with Gasteiger partial charge in [0.1, 0.15) is 0 Å². The first kappa shape index (κ1) is 17.8. The van der Waals surface area contributed by atoms with Gasteiger partial charge in [-0.25, -0.2) is 0 Å². The van der Waals surface area contributed by atoms with E-state index >= 15 is 0 Å². The molecule has 0 spiro atoms. The number of hydrogen-bond acceptors (Lipinski definition) is 2. The quantitative estimate of drug-likeness (QED) is 0.810. The molecule has 0 saturated carbocycles. The normalized spacial score (nSPS) is 23.4. The summed E-state index contributed by atoms with van der Waals surface area (Å²) in [5.74, 6) is 0.595. The molecule has 2 unspecified atom stereocenters. The Morgan fingerprint density at radius 3 is 2.77 bits per heavy atom. The van der Waals surface area contributed by atoms with E-state index in [1.807, 2.05) is 47.3 Å². The summed E-state index contributed by atoms with van der Waals surface area (Å²) in [5, 5.41) is 3.23. The molecule has 2 aliphatic rings. The average Bonchev–Trinajstić information content (AvgIpc) is 3.20. The van der Waals surface area contributed by atoms with Crippen LogP contribution in [0.15, 0.2) is 47.2 Å². The first-order chi connectivity index (χ1) is 12.7. The number of carbonyl (C=O) groups is 1. The van der Waals surface area contributed by atoms with Crippen LogP contribution in [0.4, 0.5) is 0 Å². The van der Waals surface area contributed by atoms with Crippen molar-refractivity contribution in [2.75, 3.05) is 19.6 Å². The van der Waals surface area contributed by atoms with Gasteiger partial charge in [0.05, 0.1) is 11.3 Å². The van der Waals surface area contributed by atoms with Crippen molar-refractivity contribution in [1.82, 2.24) is 14.8 Å². The highest BCUT2D eigenvalue weighted by Crippen LogP contribution is 2.30. The standard InChI is InChI=1S/C21H26BrN3O/c22-17-8-9-20(25-11-3-4-12-25)18(14-17)21(26)23-15-16-6-5-13-24-10-2-1-7-19(16)24/h3-4,8-9,11-12,14,16,19H,1-2,5-7,10,13,15H2,(H,23,26). The van der Waals surface area contributed by atoms with Crippen LogP contribution in [-0.4, -0.2) is 41.1 Å². The maximum absolute atomic E-state index is 13.0. The van der Waals surface area contributed by atoms with Crippen LogP contribution in [0.25, 0.3) is 5.69 Å². The zero-order chi connectivity index (χ0) is 17.9. The largest absolute Gasteiger partial charge is 0.352 e. The number of aromatic nitrogens is 1. The van der Waals surface area contributed by atoms with Crippen LogP contribution in [-0.2, 0) is 0 Å². The molecule has 138 valence electrons. The number of piperidine rings is 2. The molecule has 2 saturated heterocycles. The van der Waals surface area contributed by atoms with Gasteiger partial charge in [0.15, 0.2) is 0 Å². The minimum Gasteiger partial charge on any atom is -0.352 e. The van der Waals surface area contributed by atoms with E-state index in [-0.39, 0.29) is 5.91 Å². The van der Waals surface area contributed by atoms with Gasteiger partial charge in [0, 0.05) is 29.5 Å². The molecule has 0 radical (unpaired) electrons. The van der Waals surface area contributed by atoms with Crippen molar-refractivity contribution >= 4 is 21.8 Å². The Balaban J connectivity index is 1.47. The van der Waals surface area contributed by atoms with Gasteiger partial charge in [-0.1, -0.05) is 22.4 Å². The lowest BCUT2D eigenvalue weighted by Crippen LogP contribution is -2.51. The fourth-order valence-electron chi connectivity index (χ4n) is 4.54. The fourth-order valence-corrected chi connectivity index (χ4v) is 4.91. The Morgan fingerprint density at radius 2 is 1.92 bits per heavy atom. The molecule has 4 rings (SSSR count). The van der Waals surface area contributed by atoms with E-state index in [0.717, 1.165) is 16.7 Å². The van der Waals surface area contributed by atoms with E-state index in [1.54, 1.807) is 0 Å². The molecular weight excluding hydrogens is 390 g/mol. The molecule has 2 fully saturated rings. The van der Waals surface area contributed by atoms with Crippen LogP contribution in [0.3, 0.4) is 0 Å². The lowest BCUT2D eigenvalue weighted by atomic mass is 9.83. The molecule has 1 amide bonds. The summed E-state index contributed by atoms with van der Waals surface area (Å²) in [7, 11) is 0. The highest BCUT2D eigenvalue weighted by atomic mass is 79.9. The molecule has 1 aromatic heterocycles. The summed E-state index contributed by atoms with van der Waals surface area (Å²) in [4.78, 5) is 15.6. The highest BCUT2D eigenvalue weighted by molar-refractivity contribution is 9.10. The molecule has 0 aliphatic carbocycles. The molecule has 3 heterocycles. The molecule has 5 heteroatoms. The minimum atomic E-state index is 0.0166. The van der Waals surface area contributed by atoms with Crippen LogP contribution < -0.4 is 5.32 Å². The lowest BCUT2D eigenvalue weighted by molar-refractivity contribution is 0.0575. The van der Waals surface area contributed by atoms with Crippen LogP contribution in [0.2, 0.25) is 0 Å². The van der Waals surface area contributed by atoms with E-state index < -0.39 is 0 Å².